The van der Waals surface area contributed by atoms with Crippen molar-refractivity contribution in [3.63, 3.8) is 0 Å². The van der Waals surface area contributed by atoms with Gasteiger partial charge in [0, 0.05) is 30.2 Å². The molecule has 0 N–H and O–H groups in total. The van der Waals surface area contributed by atoms with Gasteiger partial charge in [0.05, 0.1) is 47.1 Å². The summed E-state index contributed by atoms with van der Waals surface area (Å²) in [5.74, 6) is -0.630. The van der Waals surface area contributed by atoms with E-state index in [1.54, 1.807) is 57.2 Å². The minimum absolute atomic E-state index is 0.0366. The number of halogens is 4. The third kappa shape index (κ3) is 8.49. The maximum atomic E-state index is 14.2. The van der Waals surface area contributed by atoms with Gasteiger partial charge in [0.1, 0.15) is 0 Å². The average molecular weight is 722 g/mol. The second-order valence-corrected chi connectivity index (χ2v) is 14.2. The van der Waals surface area contributed by atoms with Gasteiger partial charge < -0.3 is 19.1 Å². The highest BCUT2D eigenvalue weighted by molar-refractivity contribution is 7.92. The number of anilines is 2. The lowest BCUT2D eigenvalue weighted by Gasteiger charge is -2.49. The molecule has 5 rings (SSSR count). The Morgan fingerprint density at radius 1 is 0.980 bits per heavy atom. The first kappa shape index (κ1) is 36.0. The van der Waals surface area contributed by atoms with Crippen molar-refractivity contribution >= 4 is 57.3 Å². The average Bonchev–Trinajstić information content (AvgIpc) is 3.02. The van der Waals surface area contributed by atoms with E-state index in [2.05, 4.69) is 4.90 Å². The lowest BCUT2D eigenvalue weighted by Crippen LogP contribution is -2.61. The van der Waals surface area contributed by atoms with Crippen LogP contribution in [-0.2, 0) is 35.2 Å². The summed E-state index contributed by atoms with van der Waals surface area (Å²) in [5.41, 5.74) is 1.13. The predicted molar refractivity (Wildman–Crippen MR) is 179 cm³/mol. The van der Waals surface area contributed by atoms with Crippen LogP contribution in [0.1, 0.15) is 36.1 Å². The normalized spacial score (nSPS) is 16.8. The first-order chi connectivity index (χ1) is 23.1. The SMILES string of the molecule is Cc1cccc(S(=O)(=O)N2C[C@@H]3CN(CC(=O)OCOC(=O)OC(C)C)CCN3c3ccc(/C=C/c4c(Cl)cccc4C(F)(F)F)cc32)c1. The zero-order chi connectivity index (χ0) is 35.5. The molecule has 0 aliphatic carbocycles. The van der Waals surface area contributed by atoms with Gasteiger partial charge in [0.2, 0.25) is 6.79 Å². The Kier molecular flexibility index (Phi) is 10.8. The van der Waals surface area contributed by atoms with E-state index in [0.717, 1.165) is 11.6 Å². The molecule has 2 heterocycles. The van der Waals surface area contributed by atoms with E-state index in [9.17, 15) is 31.2 Å². The number of nitrogens with zero attached hydrogens (tertiary/aromatic N) is 3. The molecule has 0 unspecified atom stereocenters. The molecule has 49 heavy (non-hydrogen) atoms. The summed E-state index contributed by atoms with van der Waals surface area (Å²) < 4.78 is 85.4. The standard InChI is InChI=1S/C34H35ClF3N3O7S/c1-22(2)48-33(43)47-21-46-32(42)20-39-14-15-40-25(18-39)19-41(49(44,45)26-7-4-6-23(3)16-26)31-17-24(11-13-30(31)40)10-12-27-28(34(36,37)38)8-5-9-29(27)35/h4-13,16-17,22,25H,14-15,18-21H2,1-3H3/b12-10+/t25-/m0/s1. The summed E-state index contributed by atoms with van der Waals surface area (Å²) in [4.78, 5) is 28.0. The maximum absolute atomic E-state index is 14.2. The molecule has 1 atom stereocenters. The van der Waals surface area contributed by atoms with Crippen LogP contribution in [0.4, 0.5) is 29.3 Å². The molecule has 0 saturated carbocycles. The quantitative estimate of drug-likeness (QED) is 0.137. The van der Waals surface area contributed by atoms with Gasteiger partial charge in [-0.2, -0.15) is 13.2 Å². The van der Waals surface area contributed by atoms with E-state index >= 15 is 0 Å². The van der Waals surface area contributed by atoms with Crippen molar-refractivity contribution < 1.29 is 45.4 Å². The molecule has 0 spiro atoms. The van der Waals surface area contributed by atoms with Gasteiger partial charge >= 0.3 is 18.3 Å². The van der Waals surface area contributed by atoms with Crippen LogP contribution in [0.25, 0.3) is 12.2 Å². The summed E-state index contributed by atoms with van der Waals surface area (Å²) in [7, 11) is -4.09. The number of carbonyl (C=O) groups excluding carboxylic acids is 2. The Bertz CT molecular complexity index is 1850. The minimum atomic E-state index is -4.62. The molecule has 0 radical (unpaired) electrons. The number of fused-ring (bicyclic) bond motifs is 3. The van der Waals surface area contributed by atoms with Crippen molar-refractivity contribution in [3.05, 3.63) is 87.9 Å². The van der Waals surface area contributed by atoms with Gasteiger partial charge in [0.15, 0.2) is 0 Å². The minimum Gasteiger partial charge on any atom is -0.431 e. The Labute approximate surface area is 287 Å². The number of alkyl halides is 3. The topological polar surface area (TPSA) is 106 Å². The van der Waals surface area contributed by atoms with E-state index in [0.29, 0.717) is 36.6 Å². The molecule has 262 valence electrons. The summed E-state index contributed by atoms with van der Waals surface area (Å²) in [6.45, 7) is 5.62. The Balaban J connectivity index is 1.41. The summed E-state index contributed by atoms with van der Waals surface area (Å²) in [5, 5.41) is -0.0709. The molecule has 15 heteroatoms. The van der Waals surface area contributed by atoms with Crippen LogP contribution in [-0.4, -0.2) is 77.1 Å². The Hall–Kier alpha value is -4.27. The van der Waals surface area contributed by atoms with Gasteiger partial charge in [0.25, 0.3) is 10.0 Å². The monoisotopic (exact) mass is 721 g/mol. The van der Waals surface area contributed by atoms with E-state index in [4.69, 9.17) is 25.8 Å². The lowest BCUT2D eigenvalue weighted by atomic mass is 10.0. The summed E-state index contributed by atoms with van der Waals surface area (Å²) in [6, 6.07) is 14.8. The highest BCUT2D eigenvalue weighted by Gasteiger charge is 2.40. The summed E-state index contributed by atoms with van der Waals surface area (Å²) in [6.07, 6.45) is -3.23. The molecule has 1 fully saturated rings. The lowest BCUT2D eigenvalue weighted by molar-refractivity contribution is -0.155. The van der Waals surface area contributed by atoms with Crippen molar-refractivity contribution in [1.29, 1.82) is 0 Å². The third-order valence-corrected chi connectivity index (χ3v) is 10.1. The van der Waals surface area contributed by atoms with Gasteiger partial charge in [-0.05, 0) is 68.3 Å². The van der Waals surface area contributed by atoms with E-state index in [1.807, 2.05) is 4.90 Å². The Morgan fingerprint density at radius 2 is 1.73 bits per heavy atom. The largest absolute Gasteiger partial charge is 0.511 e. The fourth-order valence-corrected chi connectivity index (χ4v) is 7.63. The maximum Gasteiger partial charge on any atom is 0.511 e. The molecular weight excluding hydrogens is 687 g/mol. The van der Waals surface area contributed by atoms with Crippen LogP contribution in [0.5, 0.6) is 0 Å². The molecule has 0 amide bonds. The third-order valence-electron chi connectivity index (χ3n) is 7.98. The number of ether oxygens (including phenoxy) is 3. The smallest absolute Gasteiger partial charge is 0.431 e. The molecule has 2 aliphatic heterocycles. The molecule has 0 aromatic heterocycles. The fraction of sp³-hybridized carbons (Fsp3) is 0.353. The van der Waals surface area contributed by atoms with Gasteiger partial charge in [-0.15, -0.1) is 0 Å². The van der Waals surface area contributed by atoms with Crippen molar-refractivity contribution in [1.82, 2.24) is 4.90 Å². The fourth-order valence-electron chi connectivity index (χ4n) is 5.77. The number of hydrogen-bond acceptors (Lipinski definition) is 9. The van der Waals surface area contributed by atoms with Crippen LogP contribution in [0.2, 0.25) is 5.02 Å². The number of hydrogen-bond donors (Lipinski definition) is 0. The molecule has 3 aromatic rings. The van der Waals surface area contributed by atoms with Crippen LogP contribution >= 0.6 is 11.6 Å². The van der Waals surface area contributed by atoms with E-state index in [-0.39, 0.29) is 34.6 Å². The number of aryl methyl sites for hydroxylation is 1. The molecule has 3 aromatic carbocycles. The van der Waals surface area contributed by atoms with Gasteiger partial charge in [-0.1, -0.05) is 48.0 Å². The van der Waals surface area contributed by atoms with Gasteiger partial charge in [-0.25, -0.2) is 13.2 Å². The second kappa shape index (κ2) is 14.7. The van der Waals surface area contributed by atoms with Crippen LogP contribution < -0.4 is 9.21 Å². The number of sulfonamides is 1. The van der Waals surface area contributed by atoms with E-state index in [1.165, 1.54) is 34.7 Å². The van der Waals surface area contributed by atoms with E-state index < -0.39 is 46.8 Å². The number of carbonyl (C=O) groups is 2. The summed E-state index contributed by atoms with van der Waals surface area (Å²) >= 11 is 6.15. The number of esters is 1. The van der Waals surface area contributed by atoms with Crippen LogP contribution in [0.15, 0.2) is 65.6 Å². The van der Waals surface area contributed by atoms with Crippen LogP contribution in [0, 0.1) is 6.92 Å². The number of rotatable bonds is 9. The number of benzene rings is 3. The van der Waals surface area contributed by atoms with Crippen molar-refractivity contribution in [2.75, 3.05) is 48.7 Å². The first-order valence-corrected chi connectivity index (χ1v) is 17.2. The zero-order valence-corrected chi connectivity index (χ0v) is 28.5. The van der Waals surface area contributed by atoms with Gasteiger partial charge in [-0.3, -0.25) is 14.0 Å². The highest BCUT2D eigenvalue weighted by Crippen LogP contribution is 2.41. The predicted octanol–water partition coefficient (Wildman–Crippen LogP) is 6.60. The zero-order valence-electron chi connectivity index (χ0n) is 26.9. The second-order valence-electron chi connectivity index (χ2n) is 11.9. The van der Waals surface area contributed by atoms with Crippen molar-refractivity contribution in [2.24, 2.45) is 0 Å². The highest BCUT2D eigenvalue weighted by atomic mass is 35.5. The molecule has 1 saturated heterocycles. The molecule has 0 bridgehead atoms. The number of piperazine rings is 1. The van der Waals surface area contributed by atoms with Crippen molar-refractivity contribution in [2.45, 2.75) is 44.0 Å². The van der Waals surface area contributed by atoms with Crippen LogP contribution in [0.3, 0.4) is 0 Å². The molecule has 2 aliphatic rings. The molecule has 10 nitrogen and oxygen atoms in total. The van der Waals surface area contributed by atoms with Crippen molar-refractivity contribution in [3.8, 4) is 0 Å². The molecular formula is C34H35ClF3N3O7S. The first-order valence-electron chi connectivity index (χ1n) is 15.4. The Morgan fingerprint density at radius 3 is 2.45 bits per heavy atom.